The average molecular weight is 581 g/mol. The fraction of sp³-hybridized carbons (Fsp3) is 1.00. The summed E-state index contributed by atoms with van der Waals surface area (Å²) >= 11 is 0. The molecule has 0 saturated heterocycles. The molecule has 0 radical (unpaired) electrons. The van der Waals surface area contributed by atoms with E-state index in [1.165, 1.54) is 103 Å². The molecule has 0 fully saturated rings. The fourth-order valence-corrected chi connectivity index (χ4v) is 15.9. The zero-order valence-electron chi connectivity index (χ0n) is 27.6. The van der Waals surface area contributed by atoms with Crippen LogP contribution in [0.15, 0.2) is 0 Å². The number of unbranched alkanes of at least 4 members (excludes halogenated alkanes) is 8. The standard InChI is InChI=1S/2C16H36P.BFO2/c2*1-5-9-13-17(14-10-6-2,15-11-7-3)16-12-8-4;2-1(3)4/h2*5-16H2,1-4H3;/q2*+1;-2. The Morgan fingerprint density at radius 3 is 0.553 bits per heavy atom. The molecule has 0 aromatic carbocycles. The van der Waals surface area contributed by atoms with E-state index in [1.54, 1.807) is 49.3 Å². The second kappa shape index (κ2) is 32.3. The molecule has 0 amide bonds. The summed E-state index contributed by atoms with van der Waals surface area (Å²) in [6.45, 7) is 18.8. The Hall–Kier alpha value is 0.775. The molecule has 0 aliphatic heterocycles. The van der Waals surface area contributed by atoms with Crippen molar-refractivity contribution in [2.75, 3.05) is 49.3 Å². The number of halogens is 1. The van der Waals surface area contributed by atoms with E-state index in [2.05, 4.69) is 55.4 Å². The molecule has 0 bridgehead atoms. The minimum Gasteiger partial charge on any atom is -0.867 e. The highest BCUT2D eigenvalue weighted by molar-refractivity contribution is 7.76. The van der Waals surface area contributed by atoms with Crippen molar-refractivity contribution in [2.24, 2.45) is 0 Å². The summed E-state index contributed by atoms with van der Waals surface area (Å²) < 4.78 is 9.89. The predicted molar refractivity (Wildman–Crippen MR) is 179 cm³/mol. The number of hydrogen-bond acceptors (Lipinski definition) is 2. The fourth-order valence-electron chi connectivity index (χ4n) is 5.29. The van der Waals surface area contributed by atoms with Crippen molar-refractivity contribution in [3.8, 4) is 0 Å². The van der Waals surface area contributed by atoms with Gasteiger partial charge in [-0.25, -0.2) is 0 Å². The maximum absolute atomic E-state index is 9.89. The van der Waals surface area contributed by atoms with Gasteiger partial charge in [-0.15, -0.1) is 0 Å². The molecular formula is C32H72BFO2P2. The first kappa shape index (κ1) is 43.2. The van der Waals surface area contributed by atoms with Gasteiger partial charge in [0.05, 0.1) is 49.3 Å². The summed E-state index contributed by atoms with van der Waals surface area (Å²) in [5, 5.41) is 16.6. The van der Waals surface area contributed by atoms with Crippen LogP contribution in [0.1, 0.15) is 158 Å². The van der Waals surface area contributed by atoms with Gasteiger partial charge in [0, 0.05) is 14.5 Å². The maximum Gasteiger partial charge on any atom is 0.121 e. The summed E-state index contributed by atoms with van der Waals surface area (Å²) in [5.41, 5.74) is 0. The Kier molecular flexibility index (Phi) is 36.7. The molecule has 0 N–H and O–H groups in total. The van der Waals surface area contributed by atoms with Crippen molar-refractivity contribution in [3.05, 3.63) is 0 Å². The SMILES string of the molecule is CCCC[P+](CCCC)(CCCC)CCCC.CCCC[P+](CCCC)(CCCC)CCCC.[O-]B([O-])F. The molecule has 2 nitrogen and oxygen atoms in total. The Bertz CT molecular complexity index is 328. The molecule has 0 atom stereocenters. The van der Waals surface area contributed by atoms with Crippen LogP contribution < -0.4 is 10.0 Å². The normalized spacial score (nSPS) is 11.4. The Labute approximate surface area is 243 Å². The van der Waals surface area contributed by atoms with E-state index in [0.717, 1.165) is 0 Å². The summed E-state index contributed by atoms with van der Waals surface area (Å²) in [6.07, 6.45) is 35.9. The van der Waals surface area contributed by atoms with Gasteiger partial charge in [0.15, 0.2) is 0 Å². The molecule has 0 rings (SSSR count). The van der Waals surface area contributed by atoms with Crippen molar-refractivity contribution in [1.29, 1.82) is 0 Å². The first-order valence-corrected chi connectivity index (χ1v) is 21.9. The Morgan fingerprint density at radius 2 is 0.474 bits per heavy atom. The second-order valence-electron chi connectivity index (χ2n) is 11.6. The van der Waals surface area contributed by atoms with Crippen molar-refractivity contribution in [3.63, 3.8) is 0 Å². The lowest BCUT2D eigenvalue weighted by atomic mass is 10.3. The van der Waals surface area contributed by atoms with E-state index in [1.807, 2.05) is 0 Å². The summed E-state index contributed by atoms with van der Waals surface area (Å²) in [4.78, 5) is 0. The van der Waals surface area contributed by atoms with Crippen LogP contribution in [-0.2, 0) is 0 Å². The molecule has 0 unspecified atom stereocenters. The van der Waals surface area contributed by atoms with E-state index >= 15 is 0 Å². The van der Waals surface area contributed by atoms with Crippen molar-refractivity contribution in [1.82, 2.24) is 0 Å². The molecule has 0 aromatic heterocycles. The van der Waals surface area contributed by atoms with Crippen LogP contribution in [0.3, 0.4) is 0 Å². The first-order chi connectivity index (χ1) is 18.2. The van der Waals surface area contributed by atoms with Crippen LogP contribution in [0.2, 0.25) is 0 Å². The van der Waals surface area contributed by atoms with Gasteiger partial charge in [-0.05, 0) is 51.4 Å². The molecule has 0 heterocycles. The molecule has 0 spiro atoms. The molecule has 6 heteroatoms. The van der Waals surface area contributed by atoms with Gasteiger partial charge >= 0.3 is 0 Å². The number of hydrogen-bond donors (Lipinski definition) is 0. The van der Waals surface area contributed by atoms with Gasteiger partial charge in [0.2, 0.25) is 0 Å². The topological polar surface area (TPSA) is 46.1 Å². The molecular weight excluding hydrogens is 508 g/mol. The van der Waals surface area contributed by atoms with Gasteiger partial charge < -0.3 is 14.4 Å². The highest BCUT2D eigenvalue weighted by atomic mass is 31.2. The van der Waals surface area contributed by atoms with Gasteiger partial charge in [0.25, 0.3) is 0 Å². The van der Waals surface area contributed by atoms with E-state index in [4.69, 9.17) is 10.0 Å². The van der Waals surface area contributed by atoms with Gasteiger partial charge in [-0.3, -0.25) is 0 Å². The maximum atomic E-state index is 9.89. The zero-order chi connectivity index (χ0) is 29.5. The lowest BCUT2D eigenvalue weighted by Gasteiger charge is -2.28. The van der Waals surface area contributed by atoms with E-state index < -0.39 is 21.9 Å². The highest BCUT2D eigenvalue weighted by Gasteiger charge is 2.35. The van der Waals surface area contributed by atoms with Crippen molar-refractivity contribution < 1.29 is 14.4 Å². The van der Waals surface area contributed by atoms with Gasteiger partial charge in [0.1, 0.15) is 7.40 Å². The minimum absolute atomic E-state index is 0.562. The van der Waals surface area contributed by atoms with Gasteiger partial charge in [-0.1, -0.05) is 107 Å². The van der Waals surface area contributed by atoms with Crippen LogP contribution in [0, 0.1) is 0 Å². The van der Waals surface area contributed by atoms with Crippen LogP contribution >= 0.6 is 14.5 Å². The third kappa shape index (κ3) is 28.3. The molecule has 232 valence electrons. The molecule has 0 aliphatic carbocycles. The monoisotopic (exact) mass is 581 g/mol. The average Bonchev–Trinajstić information content (AvgIpc) is 2.91. The Balaban J connectivity index is -0.000000564. The quantitative estimate of drug-likeness (QED) is 0.0842. The third-order valence-corrected chi connectivity index (χ3v) is 18.0. The third-order valence-electron chi connectivity index (χ3n) is 7.89. The zero-order valence-corrected chi connectivity index (χ0v) is 29.4. The van der Waals surface area contributed by atoms with Crippen LogP contribution in [0.5, 0.6) is 0 Å². The van der Waals surface area contributed by atoms with Crippen LogP contribution in [0.25, 0.3) is 0 Å². The molecule has 0 aromatic rings. The number of rotatable bonds is 24. The summed E-state index contributed by atoms with van der Waals surface area (Å²) in [5.74, 6) is 0. The second-order valence-corrected chi connectivity index (χ2v) is 20.5. The minimum atomic E-state index is -3.17. The van der Waals surface area contributed by atoms with E-state index in [0.29, 0.717) is 0 Å². The lowest BCUT2D eigenvalue weighted by molar-refractivity contribution is -0.366. The van der Waals surface area contributed by atoms with Crippen LogP contribution in [-0.4, -0.2) is 56.7 Å². The molecule has 38 heavy (non-hydrogen) atoms. The Morgan fingerprint density at radius 1 is 0.368 bits per heavy atom. The first-order valence-electron chi connectivity index (χ1n) is 16.9. The predicted octanol–water partition coefficient (Wildman–Crippen LogP) is 10.1. The van der Waals surface area contributed by atoms with Gasteiger partial charge in [-0.2, -0.15) is 0 Å². The van der Waals surface area contributed by atoms with Crippen LogP contribution in [0.4, 0.5) is 4.32 Å². The van der Waals surface area contributed by atoms with Crippen molar-refractivity contribution >= 4 is 21.9 Å². The summed E-state index contributed by atoms with van der Waals surface area (Å²) in [6, 6.07) is 0. The van der Waals surface area contributed by atoms with E-state index in [9.17, 15) is 4.32 Å². The molecule has 0 aliphatic rings. The van der Waals surface area contributed by atoms with E-state index in [-0.39, 0.29) is 0 Å². The molecule has 0 saturated carbocycles. The largest absolute Gasteiger partial charge is 0.867 e. The highest BCUT2D eigenvalue weighted by Crippen LogP contribution is 2.62. The lowest BCUT2D eigenvalue weighted by Crippen LogP contribution is -2.39. The smallest absolute Gasteiger partial charge is 0.121 e. The summed E-state index contributed by atoms with van der Waals surface area (Å²) in [7, 11) is -4.29. The van der Waals surface area contributed by atoms with Crippen molar-refractivity contribution in [2.45, 2.75) is 158 Å².